The Hall–Kier alpha value is -1.90. The van der Waals surface area contributed by atoms with E-state index in [1.54, 1.807) is 0 Å². The number of carbonyl (C=O) groups excluding carboxylic acids is 1. The van der Waals surface area contributed by atoms with E-state index in [-0.39, 0.29) is 11.2 Å². The standard InChI is InChI=1S/C21H28N2O/c1-6-7-8-22-20-15-10-13(2)9-14(3)19(15)23-16-11-21(4,5)12-17(24)18(16)20/h9-10H,6-8,11-12H2,1-5H3,(H,22,23). The minimum absolute atomic E-state index is 0.00987. The predicted molar refractivity (Wildman–Crippen MR) is 101 cm³/mol. The lowest BCUT2D eigenvalue weighted by molar-refractivity contribution is 0.0911. The Morgan fingerprint density at radius 1 is 1.21 bits per heavy atom. The van der Waals surface area contributed by atoms with Crippen molar-refractivity contribution in [3.63, 3.8) is 0 Å². The minimum atomic E-state index is -0.00987. The van der Waals surface area contributed by atoms with Crippen LogP contribution in [0.2, 0.25) is 0 Å². The summed E-state index contributed by atoms with van der Waals surface area (Å²) in [5.74, 6) is 0.230. The van der Waals surface area contributed by atoms with E-state index in [0.29, 0.717) is 6.42 Å². The zero-order valence-corrected chi connectivity index (χ0v) is 15.5. The molecule has 0 bridgehead atoms. The number of benzene rings is 1. The highest BCUT2D eigenvalue weighted by atomic mass is 16.1. The van der Waals surface area contributed by atoms with Gasteiger partial charge in [-0.2, -0.15) is 0 Å². The van der Waals surface area contributed by atoms with Crippen LogP contribution in [0.3, 0.4) is 0 Å². The summed E-state index contributed by atoms with van der Waals surface area (Å²) in [5, 5.41) is 4.66. The number of unbranched alkanes of at least 4 members (excludes halogenated alkanes) is 1. The van der Waals surface area contributed by atoms with Gasteiger partial charge in [0.2, 0.25) is 0 Å². The molecule has 0 fully saturated rings. The molecule has 0 radical (unpaired) electrons. The number of pyridine rings is 1. The van der Waals surface area contributed by atoms with Gasteiger partial charge in [-0.1, -0.05) is 38.8 Å². The molecule has 0 atom stereocenters. The number of carbonyl (C=O) groups is 1. The molecule has 0 saturated carbocycles. The first-order valence-corrected chi connectivity index (χ1v) is 9.03. The number of fused-ring (bicyclic) bond motifs is 2. The van der Waals surface area contributed by atoms with Crippen LogP contribution >= 0.6 is 0 Å². The summed E-state index contributed by atoms with van der Waals surface area (Å²) in [6.07, 6.45) is 3.69. The molecule has 24 heavy (non-hydrogen) atoms. The Morgan fingerprint density at radius 3 is 2.67 bits per heavy atom. The molecule has 1 N–H and O–H groups in total. The van der Waals surface area contributed by atoms with Crippen LogP contribution in [0, 0.1) is 19.3 Å². The monoisotopic (exact) mass is 324 g/mol. The van der Waals surface area contributed by atoms with E-state index in [1.165, 1.54) is 11.1 Å². The van der Waals surface area contributed by atoms with Gasteiger partial charge in [0.1, 0.15) is 0 Å². The summed E-state index contributed by atoms with van der Waals surface area (Å²) in [7, 11) is 0. The van der Waals surface area contributed by atoms with Crippen LogP contribution in [-0.2, 0) is 6.42 Å². The average Bonchev–Trinajstić information content (AvgIpc) is 2.46. The third-order valence-corrected chi connectivity index (χ3v) is 4.90. The topological polar surface area (TPSA) is 42.0 Å². The average molecular weight is 324 g/mol. The van der Waals surface area contributed by atoms with Crippen molar-refractivity contribution in [2.75, 3.05) is 11.9 Å². The van der Waals surface area contributed by atoms with Gasteiger partial charge in [-0.05, 0) is 43.7 Å². The molecule has 2 aromatic rings. The summed E-state index contributed by atoms with van der Waals surface area (Å²) >= 11 is 0. The third-order valence-electron chi connectivity index (χ3n) is 4.90. The van der Waals surface area contributed by atoms with E-state index in [9.17, 15) is 4.79 Å². The summed E-state index contributed by atoms with van der Waals surface area (Å²) in [5.41, 5.74) is 6.23. The number of hydrogen-bond acceptors (Lipinski definition) is 3. The maximum absolute atomic E-state index is 12.9. The fraction of sp³-hybridized carbons (Fsp3) is 0.524. The van der Waals surface area contributed by atoms with Gasteiger partial charge in [-0.3, -0.25) is 9.78 Å². The number of anilines is 1. The lowest BCUT2D eigenvalue weighted by atomic mass is 9.75. The van der Waals surface area contributed by atoms with Crippen LogP contribution in [0.4, 0.5) is 5.69 Å². The third kappa shape index (κ3) is 3.04. The van der Waals surface area contributed by atoms with E-state index in [0.717, 1.165) is 53.7 Å². The largest absolute Gasteiger partial charge is 0.384 e. The van der Waals surface area contributed by atoms with Crippen molar-refractivity contribution in [3.05, 3.63) is 34.5 Å². The number of ketones is 1. The molecule has 0 amide bonds. The van der Waals surface area contributed by atoms with Gasteiger partial charge in [0.25, 0.3) is 0 Å². The van der Waals surface area contributed by atoms with Gasteiger partial charge in [-0.25, -0.2) is 0 Å². The minimum Gasteiger partial charge on any atom is -0.384 e. The van der Waals surface area contributed by atoms with Gasteiger partial charge >= 0.3 is 0 Å². The Bertz CT molecular complexity index is 805. The molecule has 0 unspecified atom stereocenters. The normalized spacial score (nSPS) is 16.3. The number of aryl methyl sites for hydroxylation is 2. The van der Waals surface area contributed by atoms with Gasteiger partial charge in [-0.15, -0.1) is 0 Å². The molecular formula is C21H28N2O. The van der Waals surface area contributed by atoms with E-state index >= 15 is 0 Å². The van der Waals surface area contributed by atoms with Crippen LogP contribution < -0.4 is 5.32 Å². The molecule has 3 heteroatoms. The smallest absolute Gasteiger partial charge is 0.167 e. The van der Waals surface area contributed by atoms with Crippen LogP contribution in [-0.4, -0.2) is 17.3 Å². The van der Waals surface area contributed by atoms with Crippen molar-refractivity contribution in [1.82, 2.24) is 4.98 Å². The summed E-state index contributed by atoms with van der Waals surface area (Å²) in [4.78, 5) is 17.8. The van der Waals surface area contributed by atoms with E-state index in [4.69, 9.17) is 4.98 Å². The van der Waals surface area contributed by atoms with Crippen LogP contribution in [0.1, 0.15) is 67.2 Å². The molecule has 3 rings (SSSR count). The van der Waals surface area contributed by atoms with Crippen LogP contribution in [0.25, 0.3) is 10.9 Å². The highest BCUT2D eigenvalue weighted by molar-refractivity contribution is 6.10. The first-order chi connectivity index (χ1) is 11.3. The summed E-state index contributed by atoms with van der Waals surface area (Å²) in [6.45, 7) is 11.6. The van der Waals surface area contributed by atoms with Crippen molar-refractivity contribution in [3.8, 4) is 0 Å². The number of nitrogens with zero attached hydrogens (tertiary/aromatic N) is 1. The highest BCUT2D eigenvalue weighted by Gasteiger charge is 2.34. The van der Waals surface area contributed by atoms with Crippen molar-refractivity contribution in [2.24, 2.45) is 5.41 Å². The Labute approximate surface area is 144 Å². The van der Waals surface area contributed by atoms with Crippen LogP contribution in [0.15, 0.2) is 12.1 Å². The number of rotatable bonds is 4. The first-order valence-electron chi connectivity index (χ1n) is 9.03. The highest BCUT2D eigenvalue weighted by Crippen LogP contribution is 2.40. The SMILES string of the molecule is CCCCNc1c2c(nc3c(C)cc(C)cc13)CC(C)(C)CC2=O. The molecule has 1 aromatic carbocycles. The quantitative estimate of drug-likeness (QED) is 0.784. The Kier molecular flexibility index (Phi) is 4.37. The summed E-state index contributed by atoms with van der Waals surface area (Å²) in [6, 6.07) is 4.34. The second kappa shape index (κ2) is 6.19. The van der Waals surface area contributed by atoms with Gasteiger partial charge < -0.3 is 5.32 Å². The second-order valence-electron chi connectivity index (χ2n) is 8.01. The molecule has 3 nitrogen and oxygen atoms in total. The number of hydrogen-bond donors (Lipinski definition) is 1. The number of Topliss-reactive ketones (excluding diaryl/α,β-unsaturated/α-hetero) is 1. The van der Waals surface area contributed by atoms with Crippen molar-refractivity contribution >= 4 is 22.4 Å². The lowest BCUT2D eigenvalue weighted by Gasteiger charge is -2.31. The maximum Gasteiger partial charge on any atom is 0.167 e. The van der Waals surface area contributed by atoms with Gasteiger partial charge in [0, 0.05) is 18.4 Å². The maximum atomic E-state index is 12.9. The second-order valence-corrected chi connectivity index (χ2v) is 8.01. The van der Waals surface area contributed by atoms with E-state index in [2.05, 4.69) is 52.1 Å². The molecule has 0 spiro atoms. The van der Waals surface area contributed by atoms with Crippen molar-refractivity contribution < 1.29 is 4.79 Å². The molecule has 128 valence electrons. The zero-order valence-electron chi connectivity index (χ0n) is 15.5. The molecule has 1 heterocycles. The van der Waals surface area contributed by atoms with Crippen molar-refractivity contribution in [2.45, 2.75) is 60.3 Å². The van der Waals surface area contributed by atoms with E-state index in [1.807, 2.05) is 0 Å². The lowest BCUT2D eigenvalue weighted by Crippen LogP contribution is -2.29. The van der Waals surface area contributed by atoms with Gasteiger partial charge in [0.05, 0.1) is 22.5 Å². The molecule has 0 saturated heterocycles. The molecule has 1 aliphatic carbocycles. The fourth-order valence-electron chi connectivity index (χ4n) is 3.81. The molecule has 1 aromatic heterocycles. The summed E-state index contributed by atoms with van der Waals surface area (Å²) < 4.78 is 0. The first kappa shape index (κ1) is 16.9. The number of nitrogens with one attached hydrogen (secondary N) is 1. The Morgan fingerprint density at radius 2 is 1.96 bits per heavy atom. The zero-order chi connectivity index (χ0) is 17.5. The van der Waals surface area contributed by atoms with Crippen LogP contribution in [0.5, 0.6) is 0 Å². The molecular weight excluding hydrogens is 296 g/mol. The number of aromatic nitrogens is 1. The van der Waals surface area contributed by atoms with Crippen molar-refractivity contribution in [1.29, 1.82) is 0 Å². The van der Waals surface area contributed by atoms with Gasteiger partial charge in [0.15, 0.2) is 5.78 Å². The molecule has 0 aliphatic heterocycles. The molecule has 1 aliphatic rings. The predicted octanol–water partition coefficient (Wildman–Crippen LogP) is 5.22. The van der Waals surface area contributed by atoms with E-state index < -0.39 is 0 Å². The fourth-order valence-corrected chi connectivity index (χ4v) is 3.81. The Balaban J connectivity index is 2.26.